The molecular formula is C20H8BrN3. The molecule has 2 aromatic heterocycles. The standard InChI is InChI=1S/C20H8BrN3/c1-23-13-3-5-19-15(9-13)17-8-12(21)7-16-14-6-11(10-22)2-4-18(14)24(19)20(16)17/h2-9H. The van der Waals surface area contributed by atoms with E-state index in [2.05, 4.69) is 43.4 Å². The van der Waals surface area contributed by atoms with E-state index in [-0.39, 0.29) is 0 Å². The monoisotopic (exact) mass is 369 g/mol. The molecule has 24 heavy (non-hydrogen) atoms. The zero-order valence-corrected chi connectivity index (χ0v) is 13.9. The van der Waals surface area contributed by atoms with Crippen molar-refractivity contribution in [2.45, 2.75) is 0 Å². The van der Waals surface area contributed by atoms with Crippen LogP contribution in [-0.4, -0.2) is 4.40 Å². The van der Waals surface area contributed by atoms with Gasteiger partial charge < -0.3 is 4.40 Å². The van der Waals surface area contributed by atoms with Gasteiger partial charge in [-0.15, -0.1) is 0 Å². The van der Waals surface area contributed by atoms with Crippen LogP contribution < -0.4 is 0 Å². The van der Waals surface area contributed by atoms with Gasteiger partial charge in [-0.1, -0.05) is 22.0 Å². The maximum atomic E-state index is 9.22. The largest absolute Gasteiger partial charge is 0.308 e. The van der Waals surface area contributed by atoms with E-state index in [1.54, 1.807) is 0 Å². The van der Waals surface area contributed by atoms with Gasteiger partial charge in [-0.2, -0.15) is 5.26 Å². The number of rotatable bonds is 0. The Morgan fingerprint density at radius 3 is 2.25 bits per heavy atom. The Bertz CT molecular complexity index is 1280. The van der Waals surface area contributed by atoms with Crippen molar-refractivity contribution in [2.24, 2.45) is 0 Å². The summed E-state index contributed by atoms with van der Waals surface area (Å²) >= 11 is 3.61. The molecule has 0 spiro atoms. The summed E-state index contributed by atoms with van der Waals surface area (Å²) in [5, 5.41) is 13.6. The Balaban J connectivity index is 2.15. The second kappa shape index (κ2) is 4.47. The number of hydrogen-bond acceptors (Lipinski definition) is 1. The second-order valence-corrected chi connectivity index (χ2v) is 6.76. The van der Waals surface area contributed by atoms with Gasteiger partial charge in [0.05, 0.1) is 34.8 Å². The van der Waals surface area contributed by atoms with Crippen LogP contribution >= 0.6 is 15.9 Å². The number of halogens is 1. The summed E-state index contributed by atoms with van der Waals surface area (Å²) in [6.07, 6.45) is 0. The maximum Gasteiger partial charge on any atom is 0.188 e. The topological polar surface area (TPSA) is 32.6 Å². The van der Waals surface area contributed by atoms with E-state index in [4.69, 9.17) is 6.57 Å². The fraction of sp³-hybridized carbons (Fsp3) is 0. The molecule has 0 fully saturated rings. The van der Waals surface area contributed by atoms with Crippen molar-refractivity contribution in [3.05, 3.63) is 70.0 Å². The van der Waals surface area contributed by atoms with Crippen molar-refractivity contribution in [3.63, 3.8) is 0 Å². The molecule has 5 rings (SSSR count). The summed E-state index contributed by atoms with van der Waals surface area (Å²) in [7, 11) is 0. The molecule has 3 aromatic carbocycles. The fourth-order valence-electron chi connectivity index (χ4n) is 3.64. The Labute approximate surface area is 145 Å². The lowest BCUT2D eigenvalue weighted by Crippen LogP contribution is -1.80. The third kappa shape index (κ3) is 1.53. The van der Waals surface area contributed by atoms with Crippen molar-refractivity contribution >= 4 is 59.7 Å². The number of benzene rings is 3. The van der Waals surface area contributed by atoms with Crippen LogP contribution in [-0.2, 0) is 0 Å². The van der Waals surface area contributed by atoms with Gasteiger partial charge in [-0.25, -0.2) is 4.85 Å². The molecule has 0 aliphatic carbocycles. The van der Waals surface area contributed by atoms with E-state index in [1.165, 1.54) is 0 Å². The molecule has 0 saturated heterocycles. The molecule has 0 N–H and O–H groups in total. The van der Waals surface area contributed by atoms with Gasteiger partial charge in [0.25, 0.3) is 0 Å². The van der Waals surface area contributed by atoms with Crippen LogP contribution in [0.4, 0.5) is 5.69 Å². The van der Waals surface area contributed by atoms with Crippen LogP contribution in [0.1, 0.15) is 5.56 Å². The molecule has 0 atom stereocenters. The lowest BCUT2D eigenvalue weighted by molar-refractivity contribution is 1.37. The van der Waals surface area contributed by atoms with Crippen molar-refractivity contribution in [1.82, 2.24) is 4.40 Å². The van der Waals surface area contributed by atoms with Gasteiger partial charge in [0.15, 0.2) is 5.69 Å². The van der Waals surface area contributed by atoms with Gasteiger partial charge in [-0.05, 0) is 47.9 Å². The molecule has 0 aliphatic heterocycles. The number of nitrogens with zero attached hydrogens (tertiary/aromatic N) is 3. The quantitative estimate of drug-likeness (QED) is 0.307. The van der Waals surface area contributed by atoms with E-state index >= 15 is 0 Å². The zero-order valence-electron chi connectivity index (χ0n) is 12.3. The van der Waals surface area contributed by atoms with E-state index in [1.807, 2.05) is 36.4 Å². The zero-order chi connectivity index (χ0) is 16.4. The Kier molecular flexibility index (Phi) is 2.49. The maximum absolute atomic E-state index is 9.22. The highest BCUT2D eigenvalue weighted by atomic mass is 79.9. The summed E-state index contributed by atoms with van der Waals surface area (Å²) in [5.41, 5.74) is 4.61. The first-order valence-electron chi connectivity index (χ1n) is 7.41. The fourth-order valence-corrected chi connectivity index (χ4v) is 4.10. The van der Waals surface area contributed by atoms with E-state index in [0.29, 0.717) is 11.3 Å². The second-order valence-electron chi connectivity index (χ2n) is 5.84. The lowest BCUT2D eigenvalue weighted by atomic mass is 10.1. The Morgan fingerprint density at radius 1 is 0.917 bits per heavy atom. The summed E-state index contributed by atoms with van der Waals surface area (Å²) < 4.78 is 3.23. The number of aromatic nitrogens is 1. The van der Waals surface area contributed by atoms with Crippen LogP contribution in [0, 0.1) is 17.9 Å². The molecule has 0 amide bonds. The number of hydrogen-bond donors (Lipinski definition) is 0. The Morgan fingerprint density at radius 2 is 1.58 bits per heavy atom. The third-order valence-corrected chi connectivity index (χ3v) is 5.05. The van der Waals surface area contributed by atoms with Crippen LogP contribution in [0.2, 0.25) is 0 Å². The van der Waals surface area contributed by atoms with E-state index in [0.717, 1.165) is 42.6 Å². The average Bonchev–Trinajstić information content (AvgIpc) is 3.10. The minimum atomic E-state index is 0.642. The van der Waals surface area contributed by atoms with Crippen LogP contribution in [0.15, 0.2) is 53.0 Å². The molecule has 0 radical (unpaired) electrons. The normalized spacial score (nSPS) is 11.5. The van der Waals surface area contributed by atoms with Crippen LogP contribution in [0.3, 0.4) is 0 Å². The molecule has 0 aliphatic rings. The van der Waals surface area contributed by atoms with Gasteiger partial charge in [0, 0.05) is 20.6 Å². The SMILES string of the molecule is [C-]#[N+]c1ccc2c(c1)c1cc(Br)cc3c4cc(C#N)ccc4n2c31. The lowest BCUT2D eigenvalue weighted by Gasteiger charge is -1.99. The predicted octanol–water partition coefficient (Wildman–Crippen LogP) is 6.02. The molecule has 110 valence electrons. The molecule has 5 aromatic rings. The predicted molar refractivity (Wildman–Crippen MR) is 99.8 cm³/mol. The van der Waals surface area contributed by atoms with E-state index in [9.17, 15) is 5.26 Å². The van der Waals surface area contributed by atoms with Gasteiger partial charge in [0.1, 0.15) is 0 Å². The summed E-state index contributed by atoms with van der Waals surface area (Å²) in [6.45, 7) is 7.27. The number of fused-ring (bicyclic) bond motifs is 6. The van der Waals surface area contributed by atoms with Crippen molar-refractivity contribution in [3.8, 4) is 6.07 Å². The molecule has 0 saturated carbocycles. The minimum absolute atomic E-state index is 0.642. The Hall–Kier alpha value is -3.08. The molecule has 0 unspecified atom stereocenters. The minimum Gasteiger partial charge on any atom is -0.308 e. The van der Waals surface area contributed by atoms with E-state index < -0.39 is 0 Å². The van der Waals surface area contributed by atoms with Gasteiger partial charge >= 0.3 is 0 Å². The summed E-state index contributed by atoms with van der Waals surface area (Å²) in [6, 6.07) is 18.0. The summed E-state index contributed by atoms with van der Waals surface area (Å²) in [5.74, 6) is 0. The smallest absolute Gasteiger partial charge is 0.188 e. The number of nitriles is 1. The van der Waals surface area contributed by atoms with Crippen LogP contribution in [0.25, 0.3) is 42.9 Å². The molecule has 2 heterocycles. The summed E-state index contributed by atoms with van der Waals surface area (Å²) in [4.78, 5) is 3.56. The molecule has 0 bridgehead atoms. The molecule has 3 nitrogen and oxygen atoms in total. The highest BCUT2D eigenvalue weighted by molar-refractivity contribution is 9.10. The molecular weight excluding hydrogens is 362 g/mol. The highest BCUT2D eigenvalue weighted by Gasteiger charge is 2.18. The third-order valence-electron chi connectivity index (χ3n) is 4.60. The first kappa shape index (κ1) is 13.4. The first-order chi connectivity index (χ1) is 11.7. The average molecular weight is 370 g/mol. The van der Waals surface area contributed by atoms with Crippen molar-refractivity contribution < 1.29 is 0 Å². The first-order valence-corrected chi connectivity index (χ1v) is 8.20. The highest BCUT2D eigenvalue weighted by Crippen LogP contribution is 2.41. The molecule has 4 heteroatoms. The van der Waals surface area contributed by atoms with Gasteiger partial charge in [-0.3, -0.25) is 0 Å². The van der Waals surface area contributed by atoms with Crippen molar-refractivity contribution in [2.75, 3.05) is 0 Å². The van der Waals surface area contributed by atoms with Crippen molar-refractivity contribution in [1.29, 1.82) is 5.26 Å². The van der Waals surface area contributed by atoms with Crippen LogP contribution in [0.5, 0.6) is 0 Å². The van der Waals surface area contributed by atoms with Gasteiger partial charge in [0.2, 0.25) is 0 Å².